The van der Waals surface area contributed by atoms with Crippen LogP contribution in [-0.4, -0.2) is 27.3 Å². The minimum absolute atomic E-state index is 0.633. The summed E-state index contributed by atoms with van der Waals surface area (Å²) in [7, 11) is 1.93. The van der Waals surface area contributed by atoms with Gasteiger partial charge in [-0.2, -0.15) is 0 Å². The van der Waals surface area contributed by atoms with Crippen molar-refractivity contribution < 1.29 is 0 Å². The van der Waals surface area contributed by atoms with Crippen LogP contribution in [0.5, 0.6) is 0 Å². The summed E-state index contributed by atoms with van der Waals surface area (Å²) < 4.78 is 0. The number of tetrazole rings is 1. The molecule has 1 aromatic heterocycles. The Balaban J connectivity index is 1.98. The molecule has 3 rings (SSSR count). The molecule has 0 saturated carbocycles. The van der Waals surface area contributed by atoms with E-state index in [0.717, 1.165) is 23.4 Å². The first-order valence-corrected chi connectivity index (χ1v) is 6.88. The van der Waals surface area contributed by atoms with Crippen molar-refractivity contribution >= 4 is 0 Å². The van der Waals surface area contributed by atoms with Crippen LogP contribution >= 0.6 is 0 Å². The van der Waals surface area contributed by atoms with Gasteiger partial charge in [0.2, 0.25) is 5.82 Å². The van der Waals surface area contributed by atoms with Crippen molar-refractivity contribution in [3.05, 3.63) is 59.7 Å². The van der Waals surface area contributed by atoms with Crippen molar-refractivity contribution in [2.24, 2.45) is 0 Å². The van der Waals surface area contributed by atoms with Gasteiger partial charge in [0.25, 0.3) is 0 Å². The average Bonchev–Trinajstić information content (AvgIpc) is 3.00. The lowest BCUT2D eigenvalue weighted by atomic mass is 10.1. The molecule has 0 amide bonds. The van der Waals surface area contributed by atoms with Gasteiger partial charge in [0, 0.05) is 12.1 Å². The molecule has 0 aliphatic carbocycles. The molecule has 0 unspecified atom stereocenters. The summed E-state index contributed by atoms with van der Waals surface area (Å²) in [5.41, 5.74) is 4.23. The van der Waals surface area contributed by atoms with Gasteiger partial charge >= 0.3 is 0 Å². The summed E-state index contributed by atoms with van der Waals surface area (Å²) in [5, 5.41) is 16.0. The lowest BCUT2D eigenvalue weighted by Crippen LogP contribution is -2.07. The van der Waals surface area contributed by atoms with Crippen molar-refractivity contribution in [1.82, 2.24) is 25.5 Å². The molecule has 0 saturated heterocycles. The molecule has 106 valence electrons. The van der Waals surface area contributed by atoms with E-state index < -0.39 is 0 Å². The summed E-state index contributed by atoms with van der Waals surface area (Å²) in [6.07, 6.45) is 0. The Labute approximate surface area is 123 Å². The zero-order valence-corrected chi connectivity index (χ0v) is 12.1. The highest BCUT2D eigenvalue weighted by Crippen LogP contribution is 2.17. The molecule has 1 heterocycles. The molecule has 1 N–H and O–H groups in total. The van der Waals surface area contributed by atoms with Crippen molar-refractivity contribution in [3.8, 4) is 17.1 Å². The molecule has 0 aliphatic heterocycles. The number of aryl methyl sites for hydroxylation is 1. The molecule has 0 radical (unpaired) electrons. The third-order valence-electron chi connectivity index (χ3n) is 3.32. The molecule has 21 heavy (non-hydrogen) atoms. The van der Waals surface area contributed by atoms with E-state index >= 15 is 0 Å². The first-order valence-electron chi connectivity index (χ1n) is 6.88. The van der Waals surface area contributed by atoms with E-state index in [1.165, 1.54) is 5.56 Å². The van der Waals surface area contributed by atoms with Crippen LogP contribution in [0.2, 0.25) is 0 Å². The summed E-state index contributed by atoms with van der Waals surface area (Å²) >= 11 is 0. The van der Waals surface area contributed by atoms with Crippen LogP contribution in [0.15, 0.2) is 48.5 Å². The van der Waals surface area contributed by atoms with Gasteiger partial charge in [-0.15, -0.1) is 15.0 Å². The second kappa shape index (κ2) is 5.85. The molecule has 2 aromatic carbocycles. The van der Waals surface area contributed by atoms with E-state index in [1.54, 1.807) is 4.80 Å². The Kier molecular flexibility index (Phi) is 3.75. The van der Waals surface area contributed by atoms with Gasteiger partial charge in [0.05, 0.1) is 5.69 Å². The quantitative estimate of drug-likeness (QED) is 0.796. The highest BCUT2D eigenvalue weighted by Gasteiger charge is 2.09. The summed E-state index contributed by atoms with van der Waals surface area (Å²) in [4.78, 5) is 1.59. The van der Waals surface area contributed by atoms with Crippen molar-refractivity contribution in [2.75, 3.05) is 7.05 Å². The lowest BCUT2D eigenvalue weighted by Gasteiger charge is -2.06. The Morgan fingerprint density at radius 2 is 1.90 bits per heavy atom. The smallest absolute Gasteiger partial charge is 0.205 e. The van der Waals surface area contributed by atoms with Crippen molar-refractivity contribution in [1.29, 1.82) is 0 Å². The SMILES string of the molecule is CNCc1ccc(C)c(-n2nnc(-c3ccccc3)n2)c1. The molecule has 5 heteroatoms. The minimum atomic E-state index is 0.633. The predicted octanol–water partition coefficient (Wildman–Crippen LogP) is 2.36. The fraction of sp³-hybridized carbons (Fsp3) is 0.188. The molecule has 0 atom stereocenters. The number of nitrogens with zero attached hydrogens (tertiary/aromatic N) is 4. The number of rotatable bonds is 4. The van der Waals surface area contributed by atoms with Crippen molar-refractivity contribution in [3.63, 3.8) is 0 Å². The molecular weight excluding hydrogens is 262 g/mol. The van der Waals surface area contributed by atoms with E-state index in [1.807, 2.05) is 44.3 Å². The molecule has 0 fully saturated rings. The van der Waals surface area contributed by atoms with E-state index in [4.69, 9.17) is 0 Å². The van der Waals surface area contributed by atoms with Gasteiger partial charge in [-0.25, -0.2) is 0 Å². The monoisotopic (exact) mass is 279 g/mol. The number of aromatic nitrogens is 4. The topological polar surface area (TPSA) is 55.6 Å². The van der Waals surface area contributed by atoms with E-state index in [9.17, 15) is 0 Å². The second-order valence-corrected chi connectivity index (χ2v) is 4.92. The highest BCUT2D eigenvalue weighted by molar-refractivity contribution is 5.53. The maximum atomic E-state index is 4.49. The molecular formula is C16H17N5. The Bertz CT molecular complexity index is 733. The summed E-state index contributed by atoms with van der Waals surface area (Å²) in [5.74, 6) is 0.633. The lowest BCUT2D eigenvalue weighted by molar-refractivity contribution is 0.712. The first-order chi connectivity index (χ1) is 10.3. The Morgan fingerprint density at radius 3 is 2.67 bits per heavy atom. The van der Waals surface area contributed by atoms with E-state index in [2.05, 4.69) is 38.9 Å². The number of hydrogen-bond donors (Lipinski definition) is 1. The Morgan fingerprint density at radius 1 is 1.10 bits per heavy atom. The van der Waals surface area contributed by atoms with Crippen LogP contribution in [0.4, 0.5) is 0 Å². The van der Waals surface area contributed by atoms with Crippen LogP contribution in [0, 0.1) is 6.92 Å². The van der Waals surface area contributed by atoms with Gasteiger partial charge < -0.3 is 5.32 Å². The second-order valence-electron chi connectivity index (χ2n) is 4.92. The molecule has 0 spiro atoms. The summed E-state index contributed by atoms with van der Waals surface area (Å²) in [6, 6.07) is 16.1. The van der Waals surface area contributed by atoms with Crippen LogP contribution in [0.1, 0.15) is 11.1 Å². The molecule has 0 bridgehead atoms. The fourth-order valence-electron chi connectivity index (χ4n) is 2.20. The van der Waals surface area contributed by atoms with Crippen molar-refractivity contribution in [2.45, 2.75) is 13.5 Å². The maximum Gasteiger partial charge on any atom is 0.205 e. The summed E-state index contributed by atoms with van der Waals surface area (Å²) in [6.45, 7) is 2.86. The molecule has 3 aromatic rings. The average molecular weight is 279 g/mol. The van der Waals surface area contributed by atoms with E-state index in [0.29, 0.717) is 5.82 Å². The normalized spacial score (nSPS) is 10.8. The standard InChI is InChI=1S/C16H17N5/c1-12-8-9-13(11-17-2)10-15(12)21-19-16(18-20-21)14-6-4-3-5-7-14/h3-10,17H,11H2,1-2H3. The number of benzene rings is 2. The van der Waals surface area contributed by atoms with Gasteiger partial charge in [0.1, 0.15) is 0 Å². The number of nitrogens with one attached hydrogen (secondary N) is 1. The highest BCUT2D eigenvalue weighted by atomic mass is 15.6. The number of hydrogen-bond acceptors (Lipinski definition) is 4. The van der Waals surface area contributed by atoms with Gasteiger partial charge in [-0.1, -0.05) is 42.5 Å². The third kappa shape index (κ3) is 2.83. The molecule has 0 aliphatic rings. The van der Waals surface area contributed by atoms with Gasteiger partial charge in [-0.3, -0.25) is 0 Å². The van der Waals surface area contributed by atoms with Crippen LogP contribution < -0.4 is 5.32 Å². The fourth-order valence-corrected chi connectivity index (χ4v) is 2.20. The zero-order valence-electron chi connectivity index (χ0n) is 12.1. The maximum absolute atomic E-state index is 4.49. The first kappa shape index (κ1) is 13.5. The van der Waals surface area contributed by atoms with Gasteiger partial charge in [-0.05, 0) is 36.4 Å². The Hall–Kier alpha value is -2.53. The zero-order chi connectivity index (χ0) is 14.7. The molecule has 5 nitrogen and oxygen atoms in total. The van der Waals surface area contributed by atoms with E-state index in [-0.39, 0.29) is 0 Å². The largest absolute Gasteiger partial charge is 0.316 e. The third-order valence-corrected chi connectivity index (χ3v) is 3.32. The minimum Gasteiger partial charge on any atom is -0.316 e. The predicted molar refractivity (Wildman–Crippen MR) is 82.1 cm³/mol. The van der Waals surface area contributed by atoms with Gasteiger partial charge in [0.15, 0.2) is 0 Å². The van der Waals surface area contributed by atoms with Crippen LogP contribution in [0.25, 0.3) is 17.1 Å². The van der Waals surface area contributed by atoms with Crippen LogP contribution in [-0.2, 0) is 6.54 Å². The van der Waals surface area contributed by atoms with Crippen LogP contribution in [0.3, 0.4) is 0 Å².